The SMILES string of the molecule is C#CCSCc1nc(C)c(C)s1. The van der Waals surface area contributed by atoms with Gasteiger partial charge in [-0.15, -0.1) is 29.5 Å². The van der Waals surface area contributed by atoms with Crippen molar-refractivity contribution in [2.75, 3.05) is 5.75 Å². The largest absolute Gasteiger partial charge is 0.245 e. The van der Waals surface area contributed by atoms with Crippen LogP contribution in [0.3, 0.4) is 0 Å². The summed E-state index contributed by atoms with van der Waals surface area (Å²) in [6.07, 6.45) is 5.14. The number of hydrogen-bond donors (Lipinski definition) is 0. The summed E-state index contributed by atoms with van der Waals surface area (Å²) >= 11 is 3.50. The van der Waals surface area contributed by atoms with Crippen molar-refractivity contribution < 1.29 is 0 Å². The van der Waals surface area contributed by atoms with Crippen LogP contribution in [-0.4, -0.2) is 10.7 Å². The molecule has 12 heavy (non-hydrogen) atoms. The molecule has 0 bridgehead atoms. The van der Waals surface area contributed by atoms with Gasteiger partial charge in [0, 0.05) is 10.6 Å². The number of hydrogen-bond acceptors (Lipinski definition) is 3. The van der Waals surface area contributed by atoms with Crippen molar-refractivity contribution in [3.63, 3.8) is 0 Å². The Hall–Kier alpha value is -0.460. The van der Waals surface area contributed by atoms with E-state index in [1.807, 2.05) is 6.92 Å². The highest BCUT2D eigenvalue weighted by Crippen LogP contribution is 2.20. The average Bonchev–Trinajstić information content (AvgIpc) is 2.32. The number of thiazole rings is 1. The summed E-state index contributed by atoms with van der Waals surface area (Å²) in [5.41, 5.74) is 1.15. The minimum Gasteiger partial charge on any atom is -0.245 e. The lowest BCUT2D eigenvalue weighted by atomic mass is 10.4. The first kappa shape index (κ1) is 9.63. The van der Waals surface area contributed by atoms with Crippen molar-refractivity contribution in [2.24, 2.45) is 0 Å². The third kappa shape index (κ3) is 2.54. The molecule has 0 fully saturated rings. The second kappa shape index (κ2) is 4.54. The smallest absolute Gasteiger partial charge is 0.103 e. The Labute approximate surface area is 81.6 Å². The Morgan fingerprint density at radius 2 is 2.33 bits per heavy atom. The van der Waals surface area contributed by atoms with Crippen LogP contribution in [0.4, 0.5) is 0 Å². The van der Waals surface area contributed by atoms with E-state index in [1.165, 1.54) is 9.88 Å². The molecule has 1 nitrogen and oxygen atoms in total. The van der Waals surface area contributed by atoms with E-state index >= 15 is 0 Å². The number of nitrogens with zero attached hydrogens (tertiary/aromatic N) is 1. The Morgan fingerprint density at radius 1 is 1.58 bits per heavy atom. The van der Waals surface area contributed by atoms with Crippen LogP contribution in [0.25, 0.3) is 0 Å². The number of rotatable bonds is 3. The molecule has 1 aromatic heterocycles. The van der Waals surface area contributed by atoms with Gasteiger partial charge in [0.25, 0.3) is 0 Å². The highest BCUT2D eigenvalue weighted by molar-refractivity contribution is 7.98. The highest BCUT2D eigenvalue weighted by atomic mass is 32.2. The Kier molecular flexibility index (Phi) is 3.64. The van der Waals surface area contributed by atoms with Gasteiger partial charge in [0.2, 0.25) is 0 Å². The van der Waals surface area contributed by atoms with Gasteiger partial charge in [-0.05, 0) is 13.8 Å². The fourth-order valence-electron chi connectivity index (χ4n) is 0.798. The van der Waals surface area contributed by atoms with Gasteiger partial charge in [0.1, 0.15) is 5.01 Å². The normalized spacial score (nSPS) is 9.75. The zero-order valence-corrected chi connectivity index (χ0v) is 8.89. The molecule has 0 aromatic carbocycles. The van der Waals surface area contributed by atoms with Crippen molar-refractivity contribution in [3.05, 3.63) is 15.6 Å². The lowest BCUT2D eigenvalue weighted by Crippen LogP contribution is -1.80. The van der Waals surface area contributed by atoms with Crippen LogP contribution in [0.1, 0.15) is 15.6 Å². The fourth-order valence-corrected chi connectivity index (χ4v) is 2.47. The van der Waals surface area contributed by atoms with Crippen LogP contribution in [0.15, 0.2) is 0 Å². The van der Waals surface area contributed by atoms with Crippen LogP contribution in [0, 0.1) is 26.2 Å². The van der Waals surface area contributed by atoms with Crippen molar-refractivity contribution in [1.82, 2.24) is 4.98 Å². The molecule has 1 aromatic rings. The second-order valence-corrected chi connectivity index (χ2v) is 4.72. The first-order valence-corrected chi connectivity index (χ1v) is 5.65. The maximum absolute atomic E-state index is 5.14. The molecule has 0 saturated carbocycles. The molecule has 1 rings (SSSR count). The van der Waals surface area contributed by atoms with Crippen LogP contribution in [0.5, 0.6) is 0 Å². The summed E-state index contributed by atoms with van der Waals surface area (Å²) in [6.45, 7) is 4.14. The Bertz CT molecular complexity index is 276. The van der Waals surface area contributed by atoms with Gasteiger partial charge >= 0.3 is 0 Å². The monoisotopic (exact) mass is 197 g/mol. The second-order valence-electron chi connectivity index (χ2n) is 2.45. The predicted octanol–water partition coefficient (Wildman–Crippen LogP) is 2.63. The first-order valence-electron chi connectivity index (χ1n) is 3.68. The summed E-state index contributed by atoms with van der Waals surface area (Å²) in [5.74, 6) is 4.32. The molecule has 0 N–H and O–H groups in total. The number of terminal acetylenes is 1. The molecule has 0 aliphatic rings. The lowest BCUT2D eigenvalue weighted by molar-refractivity contribution is 1.17. The van der Waals surface area contributed by atoms with Crippen molar-refractivity contribution in [2.45, 2.75) is 19.6 Å². The zero-order chi connectivity index (χ0) is 8.97. The molecule has 0 saturated heterocycles. The van der Waals surface area contributed by atoms with Crippen LogP contribution >= 0.6 is 23.1 Å². The summed E-state index contributed by atoms with van der Waals surface area (Å²) < 4.78 is 0. The Balaban J connectivity index is 2.48. The van der Waals surface area contributed by atoms with Crippen molar-refractivity contribution in [1.29, 1.82) is 0 Å². The quantitative estimate of drug-likeness (QED) is 0.546. The molecule has 0 amide bonds. The fraction of sp³-hybridized carbons (Fsp3) is 0.444. The van der Waals surface area contributed by atoms with Crippen LogP contribution < -0.4 is 0 Å². The van der Waals surface area contributed by atoms with Gasteiger partial charge in [-0.1, -0.05) is 5.92 Å². The number of aryl methyl sites for hydroxylation is 2. The standard InChI is InChI=1S/C9H11NS2/c1-4-5-11-6-9-10-7(2)8(3)12-9/h1H,5-6H2,2-3H3. The Morgan fingerprint density at radius 3 is 2.83 bits per heavy atom. The number of thioether (sulfide) groups is 1. The third-order valence-electron chi connectivity index (χ3n) is 1.48. The molecule has 0 atom stereocenters. The molecule has 3 heteroatoms. The summed E-state index contributed by atoms with van der Waals surface area (Å²) in [7, 11) is 0. The predicted molar refractivity (Wildman–Crippen MR) is 56.6 cm³/mol. The van der Waals surface area contributed by atoms with Gasteiger partial charge in [0.05, 0.1) is 11.4 Å². The molecule has 64 valence electrons. The molecule has 0 aliphatic heterocycles. The molecule has 0 radical (unpaired) electrons. The van der Waals surface area contributed by atoms with Crippen LogP contribution in [0.2, 0.25) is 0 Å². The summed E-state index contributed by atoms with van der Waals surface area (Å²) in [5, 5.41) is 1.19. The molecule has 0 unspecified atom stereocenters. The van der Waals surface area contributed by atoms with E-state index in [2.05, 4.69) is 17.8 Å². The summed E-state index contributed by atoms with van der Waals surface area (Å²) in [6, 6.07) is 0. The van der Waals surface area contributed by atoms with Crippen LogP contribution in [-0.2, 0) is 5.75 Å². The summed E-state index contributed by atoms with van der Waals surface area (Å²) in [4.78, 5) is 5.72. The van der Waals surface area contributed by atoms with E-state index in [4.69, 9.17) is 6.42 Å². The van der Waals surface area contributed by atoms with Gasteiger partial charge in [-0.25, -0.2) is 4.98 Å². The number of aromatic nitrogens is 1. The van der Waals surface area contributed by atoms with Crippen molar-refractivity contribution in [3.8, 4) is 12.3 Å². The van der Waals surface area contributed by atoms with Crippen molar-refractivity contribution >= 4 is 23.1 Å². The molecular formula is C9H11NS2. The van der Waals surface area contributed by atoms with Gasteiger partial charge < -0.3 is 0 Å². The van der Waals surface area contributed by atoms with E-state index in [-0.39, 0.29) is 0 Å². The van der Waals surface area contributed by atoms with E-state index in [1.54, 1.807) is 23.1 Å². The average molecular weight is 197 g/mol. The molecule has 0 spiro atoms. The maximum Gasteiger partial charge on any atom is 0.103 e. The first-order chi connectivity index (χ1) is 5.74. The van der Waals surface area contributed by atoms with Gasteiger partial charge in [-0.3, -0.25) is 0 Å². The lowest BCUT2D eigenvalue weighted by Gasteiger charge is -1.90. The van der Waals surface area contributed by atoms with E-state index in [0.29, 0.717) is 0 Å². The molecule has 1 heterocycles. The molecular weight excluding hydrogens is 186 g/mol. The molecule has 0 aliphatic carbocycles. The van der Waals surface area contributed by atoms with Gasteiger partial charge in [0.15, 0.2) is 0 Å². The van der Waals surface area contributed by atoms with E-state index in [0.717, 1.165) is 17.2 Å². The van der Waals surface area contributed by atoms with Gasteiger partial charge in [-0.2, -0.15) is 0 Å². The third-order valence-corrected chi connectivity index (χ3v) is 3.59. The van der Waals surface area contributed by atoms with E-state index in [9.17, 15) is 0 Å². The highest BCUT2D eigenvalue weighted by Gasteiger charge is 2.02. The minimum absolute atomic E-state index is 0.775. The topological polar surface area (TPSA) is 12.9 Å². The maximum atomic E-state index is 5.14. The zero-order valence-electron chi connectivity index (χ0n) is 7.26. The minimum atomic E-state index is 0.775. The van der Waals surface area contributed by atoms with E-state index < -0.39 is 0 Å².